The molecule has 3 nitrogen and oxygen atoms in total. The van der Waals surface area contributed by atoms with Crippen LogP contribution in [0.4, 0.5) is 0 Å². The lowest BCUT2D eigenvalue weighted by Crippen LogP contribution is -2.14. The van der Waals surface area contributed by atoms with Gasteiger partial charge in [0.2, 0.25) is 0 Å². The van der Waals surface area contributed by atoms with Crippen LogP contribution in [-0.4, -0.2) is 26.7 Å². The number of rotatable bonds is 9. The minimum absolute atomic E-state index is 0.800. The Hall–Kier alpha value is -1.06. The zero-order valence-electron chi connectivity index (χ0n) is 11.0. The third-order valence-electron chi connectivity index (χ3n) is 2.55. The Bertz CT molecular complexity index is 302. The summed E-state index contributed by atoms with van der Waals surface area (Å²) < 4.78 is 5.72. The second kappa shape index (κ2) is 9.02. The SMILES string of the molecule is CCNCCCCOc1cccc(CNC)c1. The molecule has 0 bridgehead atoms. The van der Waals surface area contributed by atoms with Gasteiger partial charge in [0.1, 0.15) is 5.75 Å². The van der Waals surface area contributed by atoms with Gasteiger partial charge in [-0.2, -0.15) is 0 Å². The standard InChI is InChI=1S/C14H24N2O/c1-3-16-9-4-5-10-17-14-8-6-7-13(11-14)12-15-2/h6-8,11,15-16H,3-5,9-10,12H2,1-2H3. The molecule has 0 spiro atoms. The first kappa shape index (κ1) is 14.0. The lowest BCUT2D eigenvalue weighted by atomic mass is 10.2. The van der Waals surface area contributed by atoms with E-state index in [4.69, 9.17) is 4.74 Å². The highest BCUT2D eigenvalue weighted by molar-refractivity contribution is 5.28. The van der Waals surface area contributed by atoms with Crippen molar-refractivity contribution in [2.75, 3.05) is 26.7 Å². The average Bonchev–Trinajstić information content (AvgIpc) is 2.35. The van der Waals surface area contributed by atoms with Gasteiger partial charge in [-0.1, -0.05) is 19.1 Å². The predicted octanol–water partition coefficient (Wildman–Crippen LogP) is 2.17. The van der Waals surface area contributed by atoms with Crippen molar-refractivity contribution in [1.29, 1.82) is 0 Å². The summed E-state index contributed by atoms with van der Waals surface area (Å²) in [6, 6.07) is 8.26. The van der Waals surface area contributed by atoms with Crippen molar-refractivity contribution in [3.8, 4) is 5.75 Å². The van der Waals surface area contributed by atoms with Crippen LogP contribution >= 0.6 is 0 Å². The van der Waals surface area contributed by atoms with Crippen molar-refractivity contribution in [2.24, 2.45) is 0 Å². The van der Waals surface area contributed by atoms with E-state index in [9.17, 15) is 0 Å². The Kier molecular flexibility index (Phi) is 7.43. The van der Waals surface area contributed by atoms with E-state index in [1.165, 1.54) is 12.0 Å². The third kappa shape index (κ3) is 6.29. The van der Waals surface area contributed by atoms with Crippen LogP contribution < -0.4 is 15.4 Å². The van der Waals surface area contributed by atoms with Gasteiger partial charge in [0.25, 0.3) is 0 Å². The van der Waals surface area contributed by atoms with Crippen LogP contribution in [0.3, 0.4) is 0 Å². The van der Waals surface area contributed by atoms with Gasteiger partial charge in [-0.25, -0.2) is 0 Å². The Morgan fingerprint density at radius 3 is 2.88 bits per heavy atom. The Morgan fingerprint density at radius 2 is 2.12 bits per heavy atom. The first-order valence-corrected chi connectivity index (χ1v) is 6.44. The molecule has 0 aliphatic rings. The second-order valence-electron chi connectivity index (χ2n) is 4.09. The van der Waals surface area contributed by atoms with Crippen molar-refractivity contribution in [1.82, 2.24) is 10.6 Å². The molecule has 96 valence electrons. The molecule has 0 aromatic heterocycles. The van der Waals surface area contributed by atoms with Gasteiger partial charge in [-0.15, -0.1) is 0 Å². The second-order valence-corrected chi connectivity index (χ2v) is 4.09. The molecule has 0 aliphatic heterocycles. The van der Waals surface area contributed by atoms with Crippen LogP contribution in [0.15, 0.2) is 24.3 Å². The number of benzene rings is 1. The fourth-order valence-corrected chi connectivity index (χ4v) is 1.67. The van der Waals surface area contributed by atoms with E-state index in [-0.39, 0.29) is 0 Å². The summed E-state index contributed by atoms with van der Waals surface area (Å²) in [6.45, 7) is 5.95. The van der Waals surface area contributed by atoms with Crippen LogP contribution in [0.1, 0.15) is 25.3 Å². The highest BCUT2D eigenvalue weighted by Gasteiger charge is 1.96. The van der Waals surface area contributed by atoms with Gasteiger partial charge in [0, 0.05) is 6.54 Å². The lowest BCUT2D eigenvalue weighted by Gasteiger charge is -2.08. The van der Waals surface area contributed by atoms with E-state index >= 15 is 0 Å². The van der Waals surface area contributed by atoms with E-state index in [2.05, 4.69) is 29.7 Å². The summed E-state index contributed by atoms with van der Waals surface area (Å²) in [5.41, 5.74) is 1.26. The molecule has 0 amide bonds. The van der Waals surface area contributed by atoms with Crippen LogP contribution in [0, 0.1) is 0 Å². The van der Waals surface area contributed by atoms with Crippen molar-refractivity contribution in [2.45, 2.75) is 26.3 Å². The molecule has 2 N–H and O–H groups in total. The van der Waals surface area contributed by atoms with Gasteiger partial charge in [0.15, 0.2) is 0 Å². The smallest absolute Gasteiger partial charge is 0.119 e. The van der Waals surface area contributed by atoms with Gasteiger partial charge < -0.3 is 15.4 Å². The summed E-state index contributed by atoms with van der Waals surface area (Å²) in [5, 5.41) is 6.45. The van der Waals surface area contributed by atoms with Gasteiger partial charge >= 0.3 is 0 Å². The molecule has 1 rings (SSSR count). The number of ether oxygens (including phenoxy) is 1. The lowest BCUT2D eigenvalue weighted by molar-refractivity contribution is 0.305. The predicted molar refractivity (Wildman–Crippen MR) is 72.5 cm³/mol. The van der Waals surface area contributed by atoms with Crippen LogP contribution in [-0.2, 0) is 6.54 Å². The average molecular weight is 236 g/mol. The maximum atomic E-state index is 5.72. The Labute approximate surface area is 105 Å². The molecular weight excluding hydrogens is 212 g/mol. The molecular formula is C14H24N2O. The highest BCUT2D eigenvalue weighted by Crippen LogP contribution is 2.13. The molecule has 0 saturated heterocycles. The zero-order valence-corrected chi connectivity index (χ0v) is 11.0. The summed E-state index contributed by atoms with van der Waals surface area (Å²) in [4.78, 5) is 0. The highest BCUT2D eigenvalue weighted by atomic mass is 16.5. The maximum absolute atomic E-state index is 5.72. The van der Waals surface area contributed by atoms with E-state index in [1.54, 1.807) is 0 Å². The van der Waals surface area contributed by atoms with Crippen molar-refractivity contribution in [3.05, 3.63) is 29.8 Å². The first-order chi connectivity index (χ1) is 8.36. The van der Waals surface area contributed by atoms with E-state index in [0.29, 0.717) is 0 Å². The minimum atomic E-state index is 0.800. The summed E-state index contributed by atoms with van der Waals surface area (Å²) in [7, 11) is 1.95. The third-order valence-corrected chi connectivity index (χ3v) is 2.55. The van der Waals surface area contributed by atoms with Gasteiger partial charge in [-0.3, -0.25) is 0 Å². The monoisotopic (exact) mass is 236 g/mol. The molecule has 0 atom stereocenters. The quantitative estimate of drug-likeness (QED) is 0.645. The number of hydrogen-bond acceptors (Lipinski definition) is 3. The van der Waals surface area contributed by atoms with E-state index < -0.39 is 0 Å². The van der Waals surface area contributed by atoms with Crippen LogP contribution in [0.25, 0.3) is 0 Å². The molecule has 0 radical (unpaired) electrons. The summed E-state index contributed by atoms with van der Waals surface area (Å²) >= 11 is 0. The molecule has 1 aromatic carbocycles. The topological polar surface area (TPSA) is 33.3 Å². The molecule has 0 aliphatic carbocycles. The fraction of sp³-hybridized carbons (Fsp3) is 0.571. The molecule has 0 saturated carbocycles. The number of hydrogen-bond donors (Lipinski definition) is 2. The largest absolute Gasteiger partial charge is 0.494 e. The van der Waals surface area contributed by atoms with Gasteiger partial charge in [0.05, 0.1) is 6.61 Å². The summed E-state index contributed by atoms with van der Waals surface area (Å²) in [6.07, 6.45) is 2.27. The van der Waals surface area contributed by atoms with E-state index in [0.717, 1.165) is 38.4 Å². The minimum Gasteiger partial charge on any atom is -0.494 e. The van der Waals surface area contributed by atoms with Crippen molar-refractivity contribution < 1.29 is 4.74 Å². The Morgan fingerprint density at radius 1 is 1.24 bits per heavy atom. The molecule has 1 aromatic rings. The Balaban J connectivity index is 2.19. The maximum Gasteiger partial charge on any atom is 0.119 e. The van der Waals surface area contributed by atoms with Crippen molar-refractivity contribution in [3.63, 3.8) is 0 Å². The molecule has 0 fully saturated rings. The molecule has 0 heterocycles. The molecule has 3 heteroatoms. The zero-order chi connectivity index (χ0) is 12.3. The number of unbranched alkanes of at least 4 members (excludes halogenated alkanes) is 1. The van der Waals surface area contributed by atoms with Crippen LogP contribution in [0.5, 0.6) is 5.75 Å². The number of nitrogens with one attached hydrogen (secondary N) is 2. The molecule has 17 heavy (non-hydrogen) atoms. The van der Waals surface area contributed by atoms with Crippen molar-refractivity contribution >= 4 is 0 Å². The summed E-state index contributed by atoms with van der Waals surface area (Å²) in [5.74, 6) is 0.973. The van der Waals surface area contributed by atoms with Gasteiger partial charge in [-0.05, 0) is 50.7 Å². The molecule has 0 unspecified atom stereocenters. The van der Waals surface area contributed by atoms with Crippen LogP contribution in [0.2, 0.25) is 0 Å². The fourth-order valence-electron chi connectivity index (χ4n) is 1.67. The normalized spacial score (nSPS) is 10.5. The first-order valence-electron chi connectivity index (χ1n) is 6.44. The van der Waals surface area contributed by atoms with E-state index in [1.807, 2.05) is 19.2 Å².